The Balaban J connectivity index is 2.08. The molecule has 1 aromatic carbocycles. The summed E-state index contributed by atoms with van der Waals surface area (Å²) in [6.45, 7) is 3.13. The molecule has 0 aliphatic carbocycles. The van der Waals surface area contributed by atoms with Gasteiger partial charge >= 0.3 is 0 Å². The number of benzene rings is 1. The third-order valence-corrected chi connectivity index (χ3v) is 4.81. The van der Waals surface area contributed by atoms with Crippen LogP contribution < -0.4 is 4.90 Å². The van der Waals surface area contributed by atoms with Crippen LogP contribution in [0, 0.1) is 5.92 Å². The van der Waals surface area contributed by atoms with Crippen molar-refractivity contribution in [2.24, 2.45) is 5.92 Å². The van der Waals surface area contributed by atoms with Gasteiger partial charge in [-0.2, -0.15) is 0 Å². The minimum absolute atomic E-state index is 0.665. The van der Waals surface area contributed by atoms with Crippen LogP contribution in [0.5, 0.6) is 0 Å². The van der Waals surface area contributed by atoms with Gasteiger partial charge in [0.15, 0.2) is 0 Å². The summed E-state index contributed by atoms with van der Waals surface area (Å²) < 4.78 is 6.47. The van der Waals surface area contributed by atoms with Crippen LogP contribution in [-0.4, -0.2) is 26.8 Å². The molecule has 0 N–H and O–H groups in total. The van der Waals surface area contributed by atoms with Crippen molar-refractivity contribution in [2.75, 3.05) is 31.7 Å². The highest BCUT2D eigenvalue weighted by Gasteiger charge is 2.20. The van der Waals surface area contributed by atoms with Crippen molar-refractivity contribution < 1.29 is 4.74 Å². The van der Waals surface area contributed by atoms with Crippen molar-refractivity contribution in [1.82, 2.24) is 0 Å². The van der Waals surface area contributed by atoms with Gasteiger partial charge in [0, 0.05) is 35.7 Å². The summed E-state index contributed by atoms with van der Waals surface area (Å²) in [6, 6.07) is 6.64. The predicted molar refractivity (Wildman–Crippen MR) is 83.6 cm³/mol. The molecule has 0 aromatic heterocycles. The summed E-state index contributed by atoms with van der Waals surface area (Å²) >= 11 is 7.14. The molecule has 0 amide bonds. The van der Waals surface area contributed by atoms with Crippen LogP contribution in [0.25, 0.3) is 0 Å². The molecule has 2 nitrogen and oxygen atoms in total. The second-order valence-corrected chi connectivity index (χ2v) is 6.23. The Morgan fingerprint density at radius 2 is 2.28 bits per heavy atom. The van der Waals surface area contributed by atoms with Gasteiger partial charge in [-0.15, -0.1) is 0 Å². The predicted octanol–water partition coefficient (Wildman–Crippen LogP) is 4.21. The minimum Gasteiger partial charge on any atom is -0.384 e. The number of halogens is 2. The largest absolute Gasteiger partial charge is 0.384 e. The Morgan fingerprint density at radius 1 is 1.44 bits per heavy atom. The van der Waals surface area contributed by atoms with E-state index in [-0.39, 0.29) is 0 Å². The van der Waals surface area contributed by atoms with E-state index in [2.05, 4.69) is 55.0 Å². The molecule has 1 fully saturated rings. The third kappa shape index (κ3) is 3.49. The first-order valence-electron chi connectivity index (χ1n) is 6.33. The smallest absolute Gasteiger partial charge is 0.0507 e. The van der Waals surface area contributed by atoms with E-state index in [0.717, 1.165) is 25.0 Å². The van der Waals surface area contributed by atoms with Crippen LogP contribution in [0.4, 0.5) is 5.69 Å². The fourth-order valence-corrected chi connectivity index (χ4v) is 3.88. The standard InChI is InChI=1S/C14H19Br2NO/c1-18-10-11-3-2-6-17(9-11)13-5-4-12(8-15)14(16)7-13/h4-5,7,11H,2-3,6,8-10H2,1H3. The second kappa shape index (κ2) is 6.92. The van der Waals surface area contributed by atoms with Crippen LogP contribution in [0.3, 0.4) is 0 Å². The summed E-state index contributed by atoms with van der Waals surface area (Å²) in [5.41, 5.74) is 2.61. The number of anilines is 1. The highest BCUT2D eigenvalue weighted by atomic mass is 79.9. The van der Waals surface area contributed by atoms with Gasteiger partial charge in [-0.3, -0.25) is 0 Å². The molecule has 0 saturated carbocycles. The van der Waals surface area contributed by atoms with Gasteiger partial charge in [-0.1, -0.05) is 37.9 Å². The van der Waals surface area contributed by atoms with Crippen LogP contribution in [0.15, 0.2) is 22.7 Å². The molecule has 0 bridgehead atoms. The third-order valence-electron chi connectivity index (χ3n) is 3.47. The molecular weight excluding hydrogens is 358 g/mol. The van der Waals surface area contributed by atoms with Crippen molar-refractivity contribution >= 4 is 37.5 Å². The van der Waals surface area contributed by atoms with Crippen molar-refractivity contribution in [2.45, 2.75) is 18.2 Å². The van der Waals surface area contributed by atoms with Gasteiger partial charge < -0.3 is 9.64 Å². The van der Waals surface area contributed by atoms with Crippen molar-refractivity contribution in [3.8, 4) is 0 Å². The quantitative estimate of drug-likeness (QED) is 0.730. The van der Waals surface area contributed by atoms with E-state index in [1.807, 2.05) is 0 Å². The average molecular weight is 377 g/mol. The zero-order valence-electron chi connectivity index (χ0n) is 10.7. The molecule has 4 heteroatoms. The Bertz CT molecular complexity index is 395. The minimum atomic E-state index is 0.665. The molecule has 1 unspecified atom stereocenters. The zero-order valence-corrected chi connectivity index (χ0v) is 13.8. The number of methoxy groups -OCH3 is 1. The van der Waals surface area contributed by atoms with Gasteiger partial charge in [-0.05, 0) is 36.5 Å². The van der Waals surface area contributed by atoms with Gasteiger partial charge in [0.2, 0.25) is 0 Å². The van der Waals surface area contributed by atoms with E-state index >= 15 is 0 Å². The highest BCUT2D eigenvalue weighted by molar-refractivity contribution is 9.10. The summed E-state index contributed by atoms with van der Waals surface area (Å²) in [6.07, 6.45) is 2.54. The van der Waals surface area contributed by atoms with Gasteiger partial charge in [0.1, 0.15) is 0 Å². The van der Waals surface area contributed by atoms with Gasteiger partial charge in [-0.25, -0.2) is 0 Å². The van der Waals surface area contributed by atoms with Crippen LogP contribution in [0.2, 0.25) is 0 Å². The summed E-state index contributed by atoms with van der Waals surface area (Å²) in [5, 5.41) is 0.889. The molecule has 1 atom stereocenters. The molecule has 1 aliphatic rings. The monoisotopic (exact) mass is 375 g/mol. The molecule has 2 rings (SSSR count). The topological polar surface area (TPSA) is 12.5 Å². The maximum Gasteiger partial charge on any atom is 0.0507 e. The molecule has 1 heterocycles. The lowest BCUT2D eigenvalue weighted by Crippen LogP contribution is -2.37. The number of alkyl halides is 1. The van der Waals surface area contributed by atoms with E-state index in [1.165, 1.54) is 28.6 Å². The molecule has 1 aliphatic heterocycles. The van der Waals surface area contributed by atoms with Crippen molar-refractivity contribution in [1.29, 1.82) is 0 Å². The van der Waals surface area contributed by atoms with Crippen LogP contribution in [0.1, 0.15) is 18.4 Å². The van der Waals surface area contributed by atoms with Crippen LogP contribution in [-0.2, 0) is 10.1 Å². The van der Waals surface area contributed by atoms with E-state index in [1.54, 1.807) is 7.11 Å². The highest BCUT2D eigenvalue weighted by Crippen LogP contribution is 2.28. The molecule has 0 radical (unpaired) electrons. The normalized spacial score (nSPS) is 20.2. The van der Waals surface area contributed by atoms with Gasteiger partial charge in [0.25, 0.3) is 0 Å². The van der Waals surface area contributed by atoms with Crippen LogP contribution >= 0.6 is 31.9 Å². The zero-order chi connectivity index (χ0) is 13.0. The first kappa shape index (κ1) is 14.4. The Kier molecular flexibility index (Phi) is 5.52. The van der Waals surface area contributed by atoms with E-state index in [4.69, 9.17) is 4.74 Å². The number of rotatable bonds is 4. The average Bonchev–Trinajstić information content (AvgIpc) is 2.39. The number of nitrogens with zero attached hydrogens (tertiary/aromatic N) is 1. The first-order valence-corrected chi connectivity index (χ1v) is 8.24. The number of piperidine rings is 1. The SMILES string of the molecule is COCC1CCCN(c2ccc(CBr)c(Br)c2)C1. The molecule has 18 heavy (non-hydrogen) atoms. The molecule has 0 spiro atoms. The second-order valence-electron chi connectivity index (χ2n) is 4.82. The molecule has 1 saturated heterocycles. The Labute approximate surface area is 126 Å². The summed E-state index contributed by atoms with van der Waals surface area (Å²) in [5.74, 6) is 0.665. The number of hydrogen-bond donors (Lipinski definition) is 0. The van der Waals surface area contributed by atoms with Crippen molar-refractivity contribution in [3.63, 3.8) is 0 Å². The summed E-state index contributed by atoms with van der Waals surface area (Å²) in [7, 11) is 1.79. The molecule has 1 aromatic rings. The summed E-state index contributed by atoms with van der Waals surface area (Å²) in [4.78, 5) is 2.47. The number of ether oxygens (including phenoxy) is 1. The maximum absolute atomic E-state index is 5.28. The van der Waals surface area contributed by atoms with Crippen molar-refractivity contribution in [3.05, 3.63) is 28.2 Å². The fourth-order valence-electron chi connectivity index (χ4n) is 2.51. The first-order chi connectivity index (χ1) is 8.74. The fraction of sp³-hybridized carbons (Fsp3) is 0.571. The number of hydrogen-bond acceptors (Lipinski definition) is 2. The maximum atomic E-state index is 5.28. The lowest BCUT2D eigenvalue weighted by atomic mass is 9.98. The van der Waals surface area contributed by atoms with E-state index < -0.39 is 0 Å². The molecular formula is C14H19Br2NO. The lowest BCUT2D eigenvalue weighted by molar-refractivity contribution is 0.143. The van der Waals surface area contributed by atoms with E-state index in [9.17, 15) is 0 Å². The van der Waals surface area contributed by atoms with E-state index in [0.29, 0.717) is 5.92 Å². The van der Waals surface area contributed by atoms with Gasteiger partial charge in [0.05, 0.1) is 6.61 Å². The molecule has 100 valence electrons. The lowest BCUT2D eigenvalue weighted by Gasteiger charge is -2.34. The Morgan fingerprint density at radius 3 is 2.94 bits per heavy atom. The Hall–Kier alpha value is -0.0600.